The van der Waals surface area contributed by atoms with Crippen LogP contribution in [0.2, 0.25) is 19.6 Å². The van der Waals surface area contributed by atoms with Crippen molar-refractivity contribution in [1.82, 2.24) is 0 Å². The van der Waals surface area contributed by atoms with Crippen LogP contribution in [0.3, 0.4) is 0 Å². The van der Waals surface area contributed by atoms with E-state index in [9.17, 15) is 0 Å². The van der Waals surface area contributed by atoms with Crippen molar-refractivity contribution in [3.05, 3.63) is 38.0 Å². The SMILES string of the molecule is C[Si](C)(C)/C(Br)=C(/Br)c1c(CBr)c(CBr)cc(CBr)c1CBr. The molecule has 0 aliphatic carbocycles. The lowest BCUT2D eigenvalue weighted by atomic mass is 9.94. The molecule has 0 unspecified atom stereocenters. The molecule has 0 amide bonds. The predicted octanol–water partition coefficient (Wildman–Crippen LogP) is 8.60. The number of benzene rings is 1. The van der Waals surface area contributed by atoms with Crippen LogP contribution in [0.25, 0.3) is 4.48 Å². The van der Waals surface area contributed by atoms with Gasteiger partial charge in [0.05, 0.1) is 8.07 Å². The highest BCUT2D eigenvalue weighted by Crippen LogP contribution is 2.42. The maximum atomic E-state index is 3.89. The molecule has 0 nitrogen and oxygen atoms in total. The molecule has 1 aromatic rings. The molecule has 124 valence electrons. The summed E-state index contributed by atoms with van der Waals surface area (Å²) < 4.78 is 2.51. The third-order valence-corrected chi connectivity index (χ3v) is 12.9. The molecule has 0 saturated carbocycles. The van der Waals surface area contributed by atoms with Crippen molar-refractivity contribution in [1.29, 1.82) is 0 Å². The van der Waals surface area contributed by atoms with E-state index in [1.807, 2.05) is 0 Å². The van der Waals surface area contributed by atoms with E-state index in [1.54, 1.807) is 0 Å². The van der Waals surface area contributed by atoms with Crippen LogP contribution in [-0.4, -0.2) is 8.07 Å². The maximum absolute atomic E-state index is 3.89. The molecule has 0 heterocycles. The summed E-state index contributed by atoms with van der Waals surface area (Å²) in [6.45, 7) is 7.04. The summed E-state index contributed by atoms with van der Waals surface area (Å²) in [6, 6.07) is 2.29. The van der Waals surface area contributed by atoms with Crippen molar-refractivity contribution in [2.75, 3.05) is 0 Å². The standard InChI is InChI=1S/C15H18Br6Si/c1-22(2,3)15(21)14(20)13-11(7-18)9(5-16)4-10(6-17)12(13)8-19/h4H,5-8H2,1-3H3/b15-14+. The fourth-order valence-electron chi connectivity index (χ4n) is 2.14. The van der Waals surface area contributed by atoms with Gasteiger partial charge in [-0.2, -0.15) is 0 Å². The van der Waals surface area contributed by atoms with Gasteiger partial charge in [0.25, 0.3) is 0 Å². The van der Waals surface area contributed by atoms with Gasteiger partial charge in [0, 0.05) is 25.8 Å². The van der Waals surface area contributed by atoms with Crippen LogP contribution in [-0.2, 0) is 21.3 Å². The normalized spacial score (nSPS) is 13.3. The van der Waals surface area contributed by atoms with Crippen LogP contribution in [0.4, 0.5) is 0 Å². The molecule has 0 spiro atoms. The molecule has 0 aliphatic heterocycles. The van der Waals surface area contributed by atoms with Crippen molar-refractivity contribution in [2.45, 2.75) is 41.0 Å². The minimum atomic E-state index is -1.44. The number of hydrogen-bond acceptors (Lipinski definition) is 0. The molecule has 0 radical (unpaired) electrons. The largest absolute Gasteiger partial charge is 0.0880 e. The van der Waals surface area contributed by atoms with Gasteiger partial charge in [0.15, 0.2) is 0 Å². The molecule has 7 heteroatoms. The highest BCUT2D eigenvalue weighted by Gasteiger charge is 2.25. The van der Waals surface area contributed by atoms with Gasteiger partial charge in [-0.3, -0.25) is 0 Å². The molecule has 0 bridgehead atoms. The molecular formula is C15H18Br6Si. The summed E-state index contributed by atoms with van der Waals surface area (Å²) >= 11 is 22.4. The lowest BCUT2D eigenvalue weighted by Gasteiger charge is -2.23. The summed E-state index contributed by atoms with van der Waals surface area (Å²) in [5, 5.41) is 3.39. The van der Waals surface area contributed by atoms with Crippen molar-refractivity contribution >= 4 is 108 Å². The van der Waals surface area contributed by atoms with E-state index in [2.05, 4.69) is 121 Å². The van der Waals surface area contributed by atoms with Gasteiger partial charge in [0.2, 0.25) is 0 Å². The van der Waals surface area contributed by atoms with Crippen molar-refractivity contribution in [3.63, 3.8) is 0 Å². The van der Waals surface area contributed by atoms with Crippen LogP contribution >= 0.6 is 95.6 Å². The number of alkyl halides is 4. The fraction of sp³-hybridized carbons (Fsp3) is 0.467. The quantitative estimate of drug-likeness (QED) is 0.206. The zero-order valence-electron chi connectivity index (χ0n) is 12.7. The summed E-state index contributed by atoms with van der Waals surface area (Å²) in [6.07, 6.45) is 0. The Bertz CT molecular complexity index is 544. The molecule has 0 saturated heterocycles. The third kappa shape index (κ3) is 5.04. The topological polar surface area (TPSA) is 0 Å². The summed E-state index contributed by atoms with van der Waals surface area (Å²) in [5.41, 5.74) is 6.67. The Morgan fingerprint density at radius 1 is 0.818 bits per heavy atom. The molecule has 1 aromatic carbocycles. The van der Waals surface area contributed by atoms with E-state index >= 15 is 0 Å². The average molecular weight is 706 g/mol. The first-order chi connectivity index (χ1) is 10.2. The molecule has 22 heavy (non-hydrogen) atoms. The first-order valence-corrected chi connectivity index (χ1v) is 16.3. The Morgan fingerprint density at radius 3 is 1.50 bits per heavy atom. The van der Waals surface area contributed by atoms with Crippen molar-refractivity contribution in [2.24, 2.45) is 0 Å². The van der Waals surface area contributed by atoms with Crippen LogP contribution < -0.4 is 0 Å². The van der Waals surface area contributed by atoms with Gasteiger partial charge in [-0.1, -0.05) is 105 Å². The molecule has 0 fully saturated rings. The van der Waals surface area contributed by atoms with Gasteiger partial charge >= 0.3 is 0 Å². The van der Waals surface area contributed by atoms with E-state index in [0.717, 1.165) is 21.3 Å². The Labute approximate surface area is 185 Å². The van der Waals surface area contributed by atoms with Gasteiger partial charge in [-0.15, -0.1) is 0 Å². The van der Waals surface area contributed by atoms with Crippen LogP contribution in [0, 0.1) is 0 Å². The van der Waals surface area contributed by atoms with E-state index in [4.69, 9.17) is 0 Å². The van der Waals surface area contributed by atoms with Gasteiger partial charge in [-0.05, 0) is 47.9 Å². The van der Waals surface area contributed by atoms with E-state index in [-0.39, 0.29) is 0 Å². The second-order valence-electron chi connectivity index (χ2n) is 5.94. The Hall–Kier alpha value is 2.06. The molecule has 0 N–H and O–H groups in total. The van der Waals surface area contributed by atoms with E-state index in [0.29, 0.717) is 0 Å². The third-order valence-electron chi connectivity index (χ3n) is 3.35. The van der Waals surface area contributed by atoms with E-state index < -0.39 is 8.07 Å². The molecule has 0 aromatic heterocycles. The second kappa shape index (κ2) is 9.67. The first kappa shape index (κ1) is 22.1. The van der Waals surface area contributed by atoms with Crippen molar-refractivity contribution < 1.29 is 0 Å². The monoisotopic (exact) mass is 700 g/mol. The highest BCUT2D eigenvalue weighted by molar-refractivity contribution is 9.17. The molecule has 0 aliphatic rings. The predicted molar refractivity (Wildman–Crippen MR) is 125 cm³/mol. The van der Waals surface area contributed by atoms with Crippen LogP contribution in [0.1, 0.15) is 27.8 Å². The summed E-state index contributed by atoms with van der Waals surface area (Å²) in [5.74, 6) is 0. The van der Waals surface area contributed by atoms with Gasteiger partial charge in [-0.25, -0.2) is 0 Å². The van der Waals surface area contributed by atoms with Gasteiger partial charge < -0.3 is 0 Å². The summed E-state index contributed by atoms with van der Waals surface area (Å²) in [7, 11) is -1.44. The Morgan fingerprint density at radius 2 is 1.23 bits per heavy atom. The minimum Gasteiger partial charge on any atom is -0.0876 e. The molecule has 1 rings (SSSR count). The summed E-state index contributed by atoms with van der Waals surface area (Å²) in [4.78, 5) is 0. The Kier molecular flexibility index (Phi) is 9.71. The maximum Gasteiger partial charge on any atom is 0.0880 e. The average Bonchev–Trinajstić information content (AvgIpc) is 2.49. The number of hydrogen-bond donors (Lipinski definition) is 0. The highest BCUT2D eigenvalue weighted by atomic mass is 79.9. The molecular weight excluding hydrogens is 688 g/mol. The van der Waals surface area contributed by atoms with Crippen LogP contribution in [0.15, 0.2) is 10.2 Å². The number of halogens is 6. The lowest BCUT2D eigenvalue weighted by molar-refractivity contribution is 1.19. The Balaban J connectivity index is 3.84. The second-order valence-corrected chi connectivity index (χ2v) is 15.5. The smallest absolute Gasteiger partial charge is 0.0876 e. The zero-order chi connectivity index (χ0) is 17.1. The minimum absolute atomic E-state index is 0.840. The van der Waals surface area contributed by atoms with Gasteiger partial charge in [0.1, 0.15) is 0 Å². The fourth-order valence-corrected chi connectivity index (χ4v) is 7.66. The van der Waals surface area contributed by atoms with Crippen LogP contribution in [0.5, 0.6) is 0 Å². The number of rotatable bonds is 6. The van der Waals surface area contributed by atoms with E-state index in [1.165, 1.54) is 36.4 Å². The first-order valence-electron chi connectivity index (χ1n) is 6.69. The lowest BCUT2D eigenvalue weighted by Crippen LogP contribution is -2.21. The zero-order valence-corrected chi connectivity index (χ0v) is 23.2. The molecule has 0 atom stereocenters. The van der Waals surface area contributed by atoms with Crippen molar-refractivity contribution in [3.8, 4) is 0 Å².